The standard InChI is InChI=1S/C31H31F2N7O10.C26H23F2N7O8/c1-30(2,3)50-29(44)49-24-23(16-41)48-26(31(24,32)33)39-14-21(22-15-38(37-36-22)13-18-7-5-4-6-8-18)25(34-27(39)42)35-28(43)47-17-19-9-11-20(12-10-19)40(45)46;27-26(28)21(37)20(13-36)43-23(26)34-11-18(19-12-33(32-31-19)10-15-4-2-1-3-5-15)22(29-24(34)38)30-25(39)42-14-16-6-8-17(9-7-16)35(40)41/h4-12,14-15,23-24,26,41H,13,16-17H2,1-3H3,(H,34,35,42,43);1-9,11-12,20-21,23,36-37H,10,13-14H2,(H,29,30,38,39)/t23?,24?,26-;20?,21?,23-/m11/s1. The Morgan fingerprint density at radius 1 is 0.613 bits per heavy atom. The maximum atomic E-state index is 15.9. The molecule has 36 heteroatoms. The number of carbonyl (C=O) groups excluding carboxylic acids is 3. The van der Waals surface area contributed by atoms with Crippen molar-refractivity contribution in [2.45, 2.75) is 101 Å². The van der Waals surface area contributed by atoms with Crippen LogP contribution in [0.3, 0.4) is 0 Å². The molecule has 0 radical (unpaired) electrons. The molecule has 488 valence electrons. The maximum absolute atomic E-state index is 15.9. The number of aromatic nitrogens is 10. The van der Waals surface area contributed by atoms with Crippen molar-refractivity contribution >= 4 is 41.4 Å². The molecule has 4 unspecified atom stereocenters. The third kappa shape index (κ3) is 16.0. The van der Waals surface area contributed by atoms with Gasteiger partial charge in [0.15, 0.2) is 17.7 Å². The van der Waals surface area contributed by atoms with Crippen LogP contribution in [0.25, 0.3) is 22.5 Å². The van der Waals surface area contributed by atoms with Crippen molar-refractivity contribution in [1.82, 2.24) is 49.1 Å². The van der Waals surface area contributed by atoms with E-state index >= 15 is 8.78 Å². The highest BCUT2D eigenvalue weighted by Gasteiger charge is 2.63. The fraction of sp³-hybridized carbons (Fsp3) is 0.316. The number of aliphatic hydroxyl groups excluding tert-OH is 3. The number of non-ortho nitro benzene ring substituents is 2. The molecule has 6 heterocycles. The Morgan fingerprint density at radius 3 is 1.41 bits per heavy atom. The molecule has 5 N–H and O–H groups in total. The number of anilines is 2. The van der Waals surface area contributed by atoms with Crippen LogP contribution in [0.4, 0.5) is 55.0 Å². The van der Waals surface area contributed by atoms with Gasteiger partial charge in [-0.1, -0.05) is 71.1 Å². The summed E-state index contributed by atoms with van der Waals surface area (Å²) < 4.78 is 95.8. The van der Waals surface area contributed by atoms with Crippen molar-refractivity contribution in [1.29, 1.82) is 0 Å². The van der Waals surface area contributed by atoms with E-state index in [2.05, 4.69) is 41.2 Å². The lowest BCUT2D eigenvalue weighted by molar-refractivity contribution is -0.385. The number of halogens is 4. The number of carbonyl (C=O) groups is 3. The van der Waals surface area contributed by atoms with Gasteiger partial charge in [-0.15, -0.1) is 10.2 Å². The van der Waals surface area contributed by atoms with Crippen molar-refractivity contribution in [3.05, 3.63) is 197 Å². The van der Waals surface area contributed by atoms with Gasteiger partial charge in [-0.3, -0.25) is 40.0 Å². The van der Waals surface area contributed by atoms with Gasteiger partial charge in [0.2, 0.25) is 18.6 Å². The van der Waals surface area contributed by atoms with E-state index < -0.39 is 119 Å². The molecule has 6 atom stereocenters. The van der Waals surface area contributed by atoms with E-state index in [0.717, 1.165) is 23.5 Å². The minimum Gasteiger partial charge on any atom is -0.444 e. The SMILES string of the molecule is CC(C)(C)OC(=O)OC1C(CO)O[C@@H](n2cc(-c3cn(Cc4ccccc4)nn3)c(NC(=O)OCc3ccc([N+](=O)[O-])cc3)nc2=O)C1(F)F.O=C(Nc1nc(=O)n([C@@H]2OC(CO)C(O)C2(F)F)cc1-c1cn(Cc2ccccc2)nn1)OCc1ccc([N+](=O)[O-])cc1. The van der Waals surface area contributed by atoms with Gasteiger partial charge in [0.05, 0.1) is 59.7 Å². The van der Waals surface area contributed by atoms with Crippen molar-refractivity contribution in [2.24, 2.45) is 0 Å². The molecular formula is C57H54F4N14O18. The maximum Gasteiger partial charge on any atom is 0.509 e. The molecule has 2 amide bonds. The van der Waals surface area contributed by atoms with Crippen molar-refractivity contribution in [3.8, 4) is 22.5 Å². The number of nitrogens with one attached hydrogen (secondary N) is 2. The lowest BCUT2D eigenvalue weighted by Gasteiger charge is -2.26. The summed E-state index contributed by atoms with van der Waals surface area (Å²) in [7, 11) is 0. The Bertz CT molecular complexity index is 4120. The molecular weight excluding hydrogens is 1240 g/mol. The molecule has 10 rings (SSSR count). The topological polar surface area (TPSA) is 409 Å². The fourth-order valence-electron chi connectivity index (χ4n) is 9.13. The number of hydrogen-bond acceptors (Lipinski definition) is 24. The molecule has 4 aromatic carbocycles. The second-order valence-corrected chi connectivity index (χ2v) is 21.4. The summed E-state index contributed by atoms with van der Waals surface area (Å²) >= 11 is 0. The molecule has 0 aliphatic carbocycles. The first-order chi connectivity index (χ1) is 44.2. The Labute approximate surface area is 519 Å². The summed E-state index contributed by atoms with van der Waals surface area (Å²) in [4.78, 5) is 92.0. The largest absolute Gasteiger partial charge is 0.509 e. The van der Waals surface area contributed by atoms with E-state index in [9.17, 15) is 68.3 Å². The monoisotopic (exact) mass is 1300 g/mol. The van der Waals surface area contributed by atoms with Crippen LogP contribution in [0.2, 0.25) is 0 Å². The first-order valence-corrected chi connectivity index (χ1v) is 27.6. The van der Waals surface area contributed by atoms with Crippen LogP contribution in [-0.2, 0) is 54.7 Å². The Kier molecular flexibility index (Phi) is 20.1. The average molecular weight is 1300 g/mol. The van der Waals surface area contributed by atoms with Gasteiger partial charge in [-0.25, -0.2) is 33.3 Å². The van der Waals surface area contributed by atoms with Crippen LogP contribution in [0.1, 0.15) is 55.5 Å². The number of hydrogen-bond donors (Lipinski definition) is 5. The number of ether oxygens (including phenoxy) is 6. The lowest BCUT2D eigenvalue weighted by atomic mass is 10.1. The number of nitro groups is 2. The van der Waals surface area contributed by atoms with Crippen molar-refractivity contribution in [2.75, 3.05) is 23.8 Å². The summed E-state index contributed by atoms with van der Waals surface area (Å²) in [6, 6.07) is 28.8. The number of benzene rings is 4. The van der Waals surface area contributed by atoms with Crippen molar-refractivity contribution in [3.63, 3.8) is 0 Å². The molecule has 93 heavy (non-hydrogen) atoms. The van der Waals surface area contributed by atoms with Gasteiger partial charge < -0.3 is 43.7 Å². The predicted octanol–water partition coefficient (Wildman–Crippen LogP) is 6.15. The first kappa shape index (κ1) is 66.5. The fourth-order valence-corrected chi connectivity index (χ4v) is 9.13. The number of amides is 2. The molecule has 0 bridgehead atoms. The van der Waals surface area contributed by atoms with Gasteiger partial charge in [0.25, 0.3) is 11.4 Å². The number of aliphatic hydroxyl groups is 3. The highest BCUT2D eigenvalue weighted by atomic mass is 19.3. The second kappa shape index (κ2) is 28.1. The van der Waals surface area contributed by atoms with Crippen LogP contribution in [0.5, 0.6) is 0 Å². The van der Waals surface area contributed by atoms with Crippen LogP contribution in [-0.4, -0.2) is 148 Å². The average Bonchev–Trinajstić information content (AvgIpc) is 1.65. The van der Waals surface area contributed by atoms with E-state index in [1.54, 1.807) is 0 Å². The van der Waals surface area contributed by atoms with E-state index in [1.165, 1.54) is 91.1 Å². The molecule has 2 fully saturated rings. The smallest absolute Gasteiger partial charge is 0.444 e. The quantitative estimate of drug-likeness (QED) is 0.0199. The third-order valence-electron chi connectivity index (χ3n) is 13.6. The lowest BCUT2D eigenvalue weighted by Crippen LogP contribution is -2.45. The number of alkyl halides is 4. The summed E-state index contributed by atoms with van der Waals surface area (Å²) in [5, 5.41) is 71.6. The van der Waals surface area contributed by atoms with Gasteiger partial charge in [0, 0.05) is 36.7 Å². The molecule has 2 saturated heterocycles. The summed E-state index contributed by atoms with van der Waals surface area (Å²) in [6.07, 6.45) is -11.9. The van der Waals surface area contributed by atoms with Gasteiger partial charge in [-0.05, 0) is 67.3 Å². The molecule has 8 aromatic rings. The molecule has 32 nitrogen and oxygen atoms in total. The summed E-state index contributed by atoms with van der Waals surface area (Å²) in [5.74, 6) is -8.92. The number of nitrogens with zero attached hydrogens (tertiary/aromatic N) is 12. The van der Waals surface area contributed by atoms with E-state index in [4.69, 9.17) is 28.4 Å². The van der Waals surface area contributed by atoms with Crippen LogP contribution >= 0.6 is 0 Å². The number of rotatable bonds is 19. The zero-order valence-corrected chi connectivity index (χ0v) is 48.8. The highest BCUT2D eigenvalue weighted by molar-refractivity contribution is 5.89. The minimum atomic E-state index is -4.10. The Morgan fingerprint density at radius 2 is 1.02 bits per heavy atom. The zero-order valence-electron chi connectivity index (χ0n) is 48.8. The van der Waals surface area contributed by atoms with E-state index in [-0.39, 0.29) is 60.2 Å². The van der Waals surface area contributed by atoms with Crippen LogP contribution in [0, 0.1) is 20.2 Å². The predicted molar refractivity (Wildman–Crippen MR) is 309 cm³/mol. The van der Waals surface area contributed by atoms with Gasteiger partial charge in [0.1, 0.15) is 42.4 Å². The number of nitro benzene ring substituents is 2. The normalized spacial score (nSPS) is 18.7. The van der Waals surface area contributed by atoms with Crippen LogP contribution < -0.4 is 22.0 Å². The Balaban J connectivity index is 0.000000222. The van der Waals surface area contributed by atoms with Crippen LogP contribution in [0.15, 0.2) is 144 Å². The van der Waals surface area contributed by atoms with Gasteiger partial charge >= 0.3 is 41.6 Å². The van der Waals surface area contributed by atoms with E-state index in [0.29, 0.717) is 20.3 Å². The highest BCUT2D eigenvalue weighted by Crippen LogP contribution is 2.45. The second-order valence-electron chi connectivity index (χ2n) is 21.4. The zero-order chi connectivity index (χ0) is 66.9. The third-order valence-corrected chi connectivity index (χ3v) is 13.6. The van der Waals surface area contributed by atoms with Crippen molar-refractivity contribution < 1.29 is 85.5 Å². The molecule has 0 saturated carbocycles. The summed E-state index contributed by atoms with van der Waals surface area (Å²) in [6.45, 7) is 2.45. The Hall–Kier alpha value is -11.0. The molecule has 0 spiro atoms. The molecule has 2 aliphatic rings. The van der Waals surface area contributed by atoms with Gasteiger partial charge in [-0.2, -0.15) is 27.5 Å². The molecule has 2 aliphatic heterocycles. The minimum absolute atomic E-state index is 0.00516. The van der Waals surface area contributed by atoms with E-state index in [1.807, 2.05) is 60.7 Å². The summed E-state index contributed by atoms with van der Waals surface area (Å²) in [5.41, 5.74) is -1.71. The first-order valence-electron chi connectivity index (χ1n) is 27.6. The molecule has 4 aromatic heterocycles.